The molecule has 0 saturated carbocycles. The molecule has 19 heteroatoms. The maximum atomic E-state index is 13.0. The second-order valence-electron chi connectivity index (χ2n) is 26.5. The molecule has 5 atom stereocenters. The minimum Gasteiger partial charge on any atom is -0.462 e. The van der Waals surface area contributed by atoms with Crippen LogP contribution in [0.2, 0.25) is 0 Å². The van der Waals surface area contributed by atoms with Crippen molar-refractivity contribution in [1.82, 2.24) is 0 Å². The highest BCUT2D eigenvalue weighted by Crippen LogP contribution is 2.45. The number of rotatable bonds is 72. The van der Waals surface area contributed by atoms with Crippen molar-refractivity contribution in [3.63, 3.8) is 0 Å². The lowest BCUT2D eigenvalue weighted by molar-refractivity contribution is -0.161. The molecule has 540 valence electrons. The van der Waals surface area contributed by atoms with Gasteiger partial charge in [0.25, 0.3) is 0 Å². The summed E-state index contributed by atoms with van der Waals surface area (Å²) in [5, 5.41) is 10.6. The summed E-state index contributed by atoms with van der Waals surface area (Å²) < 4.78 is 68.2. The molecule has 2 unspecified atom stereocenters. The minimum atomic E-state index is -4.95. The van der Waals surface area contributed by atoms with Gasteiger partial charge in [-0.1, -0.05) is 324 Å². The highest BCUT2D eigenvalue weighted by molar-refractivity contribution is 7.47. The number of unbranched alkanes of at least 4 members (excludes halogenated alkanes) is 44. The van der Waals surface area contributed by atoms with Crippen LogP contribution < -0.4 is 0 Å². The first-order chi connectivity index (χ1) is 44.0. The molecule has 0 radical (unpaired) electrons. The van der Waals surface area contributed by atoms with Gasteiger partial charge in [0.1, 0.15) is 19.3 Å². The Morgan fingerprint density at radius 3 is 0.747 bits per heavy atom. The maximum absolute atomic E-state index is 13.0. The fourth-order valence-electron chi connectivity index (χ4n) is 11.0. The SMILES string of the molecule is CCCCCCCCCCCCCCCCCCCCCCCC(=O)O[C@H](COC(=O)CCCCCCCCCCCCCCC)COP(=O)(O)OC[C@@H](O)COP(=O)(O)OC[C@@H](COC(=O)CCCCCCCCCC)OC(=O)CCCCCCCCC(C)C. The normalized spacial score (nSPS) is 14.0. The van der Waals surface area contributed by atoms with E-state index in [1.165, 1.54) is 193 Å². The quantitative estimate of drug-likeness (QED) is 0.0222. The fraction of sp³-hybridized carbons (Fsp3) is 0.944. The second kappa shape index (κ2) is 65.4. The third-order valence-corrected chi connectivity index (χ3v) is 18.7. The summed E-state index contributed by atoms with van der Waals surface area (Å²) in [6.45, 7) is 7.14. The number of carbonyl (C=O) groups excluding carboxylic acids is 4. The molecule has 91 heavy (non-hydrogen) atoms. The molecule has 0 aliphatic carbocycles. The molecule has 0 aliphatic heterocycles. The van der Waals surface area contributed by atoms with Crippen LogP contribution in [0, 0.1) is 5.92 Å². The highest BCUT2D eigenvalue weighted by Gasteiger charge is 2.30. The van der Waals surface area contributed by atoms with Gasteiger partial charge in [-0.3, -0.25) is 37.3 Å². The predicted octanol–water partition coefficient (Wildman–Crippen LogP) is 20.9. The summed E-state index contributed by atoms with van der Waals surface area (Å²) >= 11 is 0. The van der Waals surface area contributed by atoms with Gasteiger partial charge in [0.05, 0.1) is 26.4 Å². The Hall–Kier alpha value is -1.94. The van der Waals surface area contributed by atoms with Gasteiger partial charge in [0.15, 0.2) is 12.2 Å². The van der Waals surface area contributed by atoms with E-state index in [0.717, 1.165) is 96.3 Å². The summed E-state index contributed by atoms with van der Waals surface area (Å²) in [5.41, 5.74) is 0. The van der Waals surface area contributed by atoms with E-state index in [2.05, 4.69) is 34.6 Å². The summed E-state index contributed by atoms with van der Waals surface area (Å²) in [5.74, 6) is -1.46. The van der Waals surface area contributed by atoms with E-state index in [4.69, 9.17) is 37.0 Å². The molecule has 0 spiro atoms. The van der Waals surface area contributed by atoms with E-state index in [9.17, 15) is 43.2 Å². The molecular formula is C72H140O17P2. The van der Waals surface area contributed by atoms with Crippen molar-refractivity contribution in [1.29, 1.82) is 0 Å². The highest BCUT2D eigenvalue weighted by atomic mass is 31.2. The molecular weight excluding hydrogens is 1200 g/mol. The van der Waals surface area contributed by atoms with Gasteiger partial charge in [0.2, 0.25) is 0 Å². The summed E-state index contributed by atoms with van der Waals surface area (Å²) in [6.07, 6.45) is 53.1. The van der Waals surface area contributed by atoms with Crippen LogP contribution >= 0.6 is 15.6 Å². The molecule has 0 aromatic carbocycles. The smallest absolute Gasteiger partial charge is 0.462 e. The Morgan fingerprint density at radius 2 is 0.505 bits per heavy atom. The van der Waals surface area contributed by atoms with Gasteiger partial charge in [0, 0.05) is 25.7 Å². The molecule has 0 aromatic rings. The molecule has 0 bridgehead atoms. The fourth-order valence-corrected chi connectivity index (χ4v) is 12.6. The number of carbonyl (C=O) groups is 4. The zero-order chi connectivity index (χ0) is 67.0. The van der Waals surface area contributed by atoms with E-state index in [-0.39, 0.29) is 25.7 Å². The average molecular weight is 1340 g/mol. The molecule has 17 nitrogen and oxygen atoms in total. The van der Waals surface area contributed by atoms with Crippen molar-refractivity contribution in [2.45, 2.75) is 393 Å². The van der Waals surface area contributed by atoms with Crippen LogP contribution in [0.3, 0.4) is 0 Å². The number of hydrogen-bond acceptors (Lipinski definition) is 15. The number of hydrogen-bond donors (Lipinski definition) is 3. The molecule has 0 fully saturated rings. The predicted molar refractivity (Wildman–Crippen MR) is 368 cm³/mol. The van der Waals surface area contributed by atoms with Crippen molar-refractivity contribution >= 4 is 39.5 Å². The number of phosphoric ester groups is 2. The Kier molecular flexibility index (Phi) is 64.0. The molecule has 0 aliphatic rings. The lowest BCUT2D eigenvalue weighted by Crippen LogP contribution is -2.30. The van der Waals surface area contributed by atoms with Gasteiger partial charge < -0.3 is 33.8 Å². The third-order valence-electron chi connectivity index (χ3n) is 16.8. The van der Waals surface area contributed by atoms with Gasteiger partial charge in [-0.15, -0.1) is 0 Å². The van der Waals surface area contributed by atoms with Crippen LogP contribution in [0.4, 0.5) is 0 Å². The number of phosphoric acid groups is 2. The molecule has 0 heterocycles. The zero-order valence-electron chi connectivity index (χ0n) is 59.0. The number of ether oxygens (including phenoxy) is 4. The number of aliphatic hydroxyl groups is 1. The van der Waals surface area contributed by atoms with Crippen molar-refractivity contribution in [2.75, 3.05) is 39.6 Å². The molecule has 0 aromatic heterocycles. The molecule has 0 rings (SSSR count). The van der Waals surface area contributed by atoms with E-state index in [1.807, 2.05) is 0 Å². The lowest BCUT2D eigenvalue weighted by atomic mass is 10.0. The van der Waals surface area contributed by atoms with E-state index >= 15 is 0 Å². The Morgan fingerprint density at radius 1 is 0.297 bits per heavy atom. The number of esters is 4. The van der Waals surface area contributed by atoms with Crippen molar-refractivity contribution in [2.24, 2.45) is 5.92 Å². The van der Waals surface area contributed by atoms with Gasteiger partial charge >= 0.3 is 39.5 Å². The van der Waals surface area contributed by atoms with E-state index in [0.29, 0.717) is 31.6 Å². The molecule has 3 N–H and O–H groups in total. The minimum absolute atomic E-state index is 0.102. The van der Waals surface area contributed by atoms with Crippen molar-refractivity contribution in [3.8, 4) is 0 Å². The Bertz CT molecular complexity index is 1750. The first-order valence-corrected chi connectivity index (χ1v) is 40.6. The van der Waals surface area contributed by atoms with Crippen molar-refractivity contribution < 1.29 is 80.2 Å². The average Bonchev–Trinajstić information content (AvgIpc) is 3.25. The lowest BCUT2D eigenvalue weighted by Gasteiger charge is -2.21. The summed E-state index contributed by atoms with van der Waals surface area (Å²) in [4.78, 5) is 72.4. The van der Waals surface area contributed by atoms with Crippen LogP contribution in [0.25, 0.3) is 0 Å². The van der Waals surface area contributed by atoms with E-state index in [1.54, 1.807) is 0 Å². The van der Waals surface area contributed by atoms with Gasteiger partial charge in [-0.25, -0.2) is 9.13 Å². The van der Waals surface area contributed by atoms with Crippen LogP contribution in [0.1, 0.15) is 375 Å². The second-order valence-corrected chi connectivity index (χ2v) is 29.4. The Labute approximate surface area is 556 Å². The Balaban J connectivity index is 5.15. The van der Waals surface area contributed by atoms with E-state index < -0.39 is 97.5 Å². The topological polar surface area (TPSA) is 237 Å². The van der Waals surface area contributed by atoms with Crippen LogP contribution in [0.15, 0.2) is 0 Å². The molecule has 0 saturated heterocycles. The summed E-state index contributed by atoms with van der Waals surface area (Å²) in [6, 6.07) is 0. The number of aliphatic hydroxyl groups excluding tert-OH is 1. The van der Waals surface area contributed by atoms with Gasteiger partial charge in [-0.2, -0.15) is 0 Å². The monoisotopic (exact) mass is 1340 g/mol. The largest absolute Gasteiger partial charge is 0.472 e. The first-order valence-electron chi connectivity index (χ1n) is 37.6. The van der Waals surface area contributed by atoms with Crippen LogP contribution in [-0.2, 0) is 65.4 Å². The maximum Gasteiger partial charge on any atom is 0.472 e. The van der Waals surface area contributed by atoms with Gasteiger partial charge in [-0.05, 0) is 31.6 Å². The molecule has 0 amide bonds. The standard InChI is InChI=1S/C72H140O17P2/c1-6-9-12-15-18-21-23-25-26-27-28-29-30-31-32-34-36-38-41-47-52-57-71(76)88-67(61-83-70(75)56-51-46-40-37-35-33-24-22-19-16-13-10-7-2)63-86-90(78,79)84-59-66(73)60-85-91(80,81)87-64-68(62-82-69(74)55-50-45-39-20-17-14-11-8-3)89-72(77)58-53-48-43-42-44-49-54-65(4)5/h65-68,73H,6-64H2,1-5H3,(H,78,79)(H,80,81)/t66-,67-,68-/m1/s1. The van der Waals surface area contributed by atoms with Crippen LogP contribution in [0.5, 0.6) is 0 Å². The first kappa shape index (κ1) is 89.1. The zero-order valence-corrected chi connectivity index (χ0v) is 60.8. The van der Waals surface area contributed by atoms with Crippen LogP contribution in [-0.4, -0.2) is 96.7 Å². The third kappa shape index (κ3) is 66.5. The summed E-state index contributed by atoms with van der Waals surface area (Å²) in [7, 11) is -9.90. The van der Waals surface area contributed by atoms with Crippen molar-refractivity contribution in [3.05, 3.63) is 0 Å².